The number of hydrogen-bond donors (Lipinski definition) is 4. The van der Waals surface area contributed by atoms with Gasteiger partial charge in [-0.05, 0) is 6.08 Å². The molecule has 0 aromatic heterocycles. The molecule has 27 heavy (non-hydrogen) atoms. The van der Waals surface area contributed by atoms with Crippen LogP contribution in [0.25, 0.3) is 0 Å². The van der Waals surface area contributed by atoms with Gasteiger partial charge in [-0.2, -0.15) is 0 Å². The van der Waals surface area contributed by atoms with Gasteiger partial charge in [-0.15, -0.1) is 6.42 Å². The Morgan fingerprint density at radius 3 is 2.52 bits per heavy atom. The number of methoxy groups -OCH3 is 1. The Balaban J connectivity index is 2.42. The van der Waals surface area contributed by atoms with Crippen molar-refractivity contribution in [3.8, 4) is 12.3 Å². The first-order valence-electron chi connectivity index (χ1n) is 8.39. The molecule has 1 saturated carbocycles. The predicted molar refractivity (Wildman–Crippen MR) is 91.9 cm³/mol. The highest BCUT2D eigenvalue weighted by Gasteiger charge is 2.76. The van der Waals surface area contributed by atoms with E-state index in [-0.39, 0.29) is 12.4 Å². The lowest BCUT2D eigenvalue weighted by molar-refractivity contribution is -0.158. The monoisotopic (exact) mass is 383 g/mol. The molecule has 1 aliphatic carbocycles. The summed E-state index contributed by atoms with van der Waals surface area (Å²) >= 11 is 0. The highest BCUT2D eigenvalue weighted by Crippen LogP contribution is 2.58. The average molecular weight is 383 g/mol. The van der Waals surface area contributed by atoms with Crippen molar-refractivity contribution in [1.29, 1.82) is 0 Å². The third-order valence-corrected chi connectivity index (χ3v) is 5.21. The van der Waals surface area contributed by atoms with Crippen molar-refractivity contribution in [2.75, 3.05) is 13.7 Å². The van der Waals surface area contributed by atoms with Crippen LogP contribution >= 0.6 is 0 Å². The average Bonchev–Trinajstić information content (AvgIpc) is 3.03. The number of nitrogens with one attached hydrogen (secondary N) is 1. The normalized spacial score (nSPS) is 35.1. The molecule has 0 bridgehead atoms. The van der Waals surface area contributed by atoms with Crippen LogP contribution in [0, 0.1) is 17.8 Å². The number of ether oxygens (including phenoxy) is 3. The first-order chi connectivity index (χ1) is 12.5. The maximum Gasteiger partial charge on any atom is 0.373 e. The number of hydrogen-bond acceptors (Lipinski definition) is 8. The van der Waals surface area contributed by atoms with E-state index >= 15 is 0 Å². The van der Waals surface area contributed by atoms with Crippen molar-refractivity contribution in [2.45, 2.75) is 56.8 Å². The Bertz CT molecular complexity index is 681. The summed E-state index contributed by atoms with van der Waals surface area (Å²) in [6, 6.07) is -0.980. The zero-order chi connectivity index (χ0) is 20.6. The number of aliphatic hydroxyl groups excluding tert-OH is 2. The smallest absolute Gasteiger partial charge is 0.373 e. The van der Waals surface area contributed by atoms with Crippen molar-refractivity contribution in [3.63, 3.8) is 0 Å². The molecule has 1 aliphatic heterocycles. The Morgan fingerprint density at radius 2 is 2.07 bits per heavy atom. The molecule has 0 spiro atoms. The third kappa shape index (κ3) is 3.53. The molecule has 0 aromatic rings. The second kappa shape index (κ2) is 7.48. The Labute approximate surface area is 157 Å². The standard InChI is InChI=1S/C18H25NO8/c1-6-7-26-10-8-11(15(22)25-5)27-13(12(10)19-9(2)20)14(21)18(24)16(23)17(18,3)4/h1,8,10,12-14,16,21,23-24H,7H2,2-5H3,(H,19,20)/t10-,12+,13+,14-,16?,18-/m0/s1. The van der Waals surface area contributed by atoms with E-state index in [1.807, 2.05) is 0 Å². The molecule has 2 aliphatic rings. The maximum absolute atomic E-state index is 11.9. The van der Waals surface area contributed by atoms with E-state index in [9.17, 15) is 24.9 Å². The molecule has 9 nitrogen and oxygen atoms in total. The van der Waals surface area contributed by atoms with E-state index in [2.05, 4.69) is 16.0 Å². The molecule has 1 unspecified atom stereocenters. The molecule has 2 rings (SSSR count). The topological polar surface area (TPSA) is 135 Å². The van der Waals surface area contributed by atoms with Gasteiger partial charge in [0.05, 0.1) is 19.3 Å². The van der Waals surface area contributed by atoms with Gasteiger partial charge in [0.25, 0.3) is 0 Å². The molecule has 1 heterocycles. The van der Waals surface area contributed by atoms with Crippen molar-refractivity contribution in [1.82, 2.24) is 5.32 Å². The quantitative estimate of drug-likeness (QED) is 0.320. The lowest BCUT2D eigenvalue weighted by atomic mass is 9.89. The lowest BCUT2D eigenvalue weighted by Crippen LogP contribution is -2.61. The predicted octanol–water partition coefficient (Wildman–Crippen LogP) is -1.54. The SMILES string of the molecule is C#CCO[C@H]1C=C(C(=O)OC)O[C@@H]([C@H](O)[C@]2(O)C(O)C2(C)C)[C@@H]1NC(C)=O. The molecule has 0 aromatic carbocycles. The summed E-state index contributed by atoms with van der Waals surface area (Å²) in [7, 11) is 1.15. The van der Waals surface area contributed by atoms with Crippen LogP contribution in [0.3, 0.4) is 0 Å². The molecule has 9 heteroatoms. The minimum atomic E-state index is -1.90. The number of esters is 1. The molecular formula is C18H25NO8. The number of terminal acetylenes is 1. The maximum atomic E-state index is 11.9. The number of carbonyl (C=O) groups is 2. The van der Waals surface area contributed by atoms with E-state index < -0.39 is 53.4 Å². The first-order valence-corrected chi connectivity index (χ1v) is 8.39. The Kier molecular flexibility index (Phi) is 5.87. The molecule has 6 atom stereocenters. The summed E-state index contributed by atoms with van der Waals surface area (Å²) in [5, 5.41) is 34.2. The van der Waals surface area contributed by atoms with Crippen molar-refractivity contribution >= 4 is 11.9 Å². The first kappa shape index (κ1) is 21.2. The van der Waals surface area contributed by atoms with Crippen LogP contribution in [0.4, 0.5) is 0 Å². The molecule has 4 N–H and O–H groups in total. The van der Waals surface area contributed by atoms with Gasteiger partial charge in [0.1, 0.15) is 24.4 Å². The summed E-state index contributed by atoms with van der Waals surface area (Å²) in [6.07, 6.45) is 1.38. The fourth-order valence-electron chi connectivity index (χ4n) is 3.41. The van der Waals surface area contributed by atoms with Gasteiger partial charge in [0.15, 0.2) is 6.10 Å². The van der Waals surface area contributed by atoms with Crippen LogP contribution in [-0.4, -0.2) is 77.0 Å². The van der Waals surface area contributed by atoms with Gasteiger partial charge < -0.3 is 34.8 Å². The molecule has 1 fully saturated rings. The zero-order valence-corrected chi connectivity index (χ0v) is 15.6. The fraction of sp³-hybridized carbons (Fsp3) is 0.667. The summed E-state index contributed by atoms with van der Waals surface area (Å²) in [5.41, 5.74) is -2.91. The highest BCUT2D eigenvalue weighted by atomic mass is 16.6. The number of amides is 1. The lowest BCUT2D eigenvalue weighted by Gasteiger charge is -2.40. The van der Waals surface area contributed by atoms with Crippen LogP contribution in [-0.2, 0) is 23.8 Å². The van der Waals surface area contributed by atoms with Crippen LogP contribution in [0.15, 0.2) is 11.8 Å². The number of aliphatic hydroxyl groups is 3. The van der Waals surface area contributed by atoms with Crippen molar-refractivity contribution in [2.24, 2.45) is 5.41 Å². The van der Waals surface area contributed by atoms with Gasteiger partial charge in [-0.1, -0.05) is 19.8 Å². The Morgan fingerprint density at radius 1 is 1.48 bits per heavy atom. The largest absolute Gasteiger partial charge is 0.478 e. The van der Waals surface area contributed by atoms with Gasteiger partial charge in [-0.25, -0.2) is 4.79 Å². The Hall–Kier alpha value is -2.12. The summed E-state index contributed by atoms with van der Waals surface area (Å²) < 4.78 is 15.7. The molecule has 150 valence electrons. The highest BCUT2D eigenvalue weighted by molar-refractivity contribution is 5.86. The minimum absolute atomic E-state index is 0.132. The molecule has 1 amide bonds. The van der Waals surface area contributed by atoms with E-state index in [0.29, 0.717) is 0 Å². The van der Waals surface area contributed by atoms with Gasteiger partial charge in [0, 0.05) is 12.3 Å². The van der Waals surface area contributed by atoms with E-state index in [0.717, 1.165) is 7.11 Å². The fourth-order valence-corrected chi connectivity index (χ4v) is 3.41. The zero-order valence-electron chi connectivity index (χ0n) is 15.6. The van der Waals surface area contributed by atoms with Crippen LogP contribution in [0.1, 0.15) is 20.8 Å². The van der Waals surface area contributed by atoms with Gasteiger partial charge in [-0.3, -0.25) is 4.79 Å². The van der Waals surface area contributed by atoms with Gasteiger partial charge >= 0.3 is 5.97 Å². The summed E-state index contributed by atoms with van der Waals surface area (Å²) in [6.45, 7) is 4.26. The second-order valence-corrected chi connectivity index (χ2v) is 7.21. The van der Waals surface area contributed by atoms with Gasteiger partial charge in [0.2, 0.25) is 11.7 Å². The van der Waals surface area contributed by atoms with E-state index in [1.165, 1.54) is 13.0 Å². The van der Waals surface area contributed by atoms with E-state index in [4.69, 9.17) is 15.9 Å². The summed E-state index contributed by atoms with van der Waals surface area (Å²) in [5.74, 6) is 0.739. The van der Waals surface area contributed by atoms with Crippen molar-refractivity contribution in [3.05, 3.63) is 11.8 Å². The molecule has 0 radical (unpaired) electrons. The number of rotatable bonds is 6. The summed E-state index contributed by atoms with van der Waals surface area (Å²) in [4.78, 5) is 23.6. The van der Waals surface area contributed by atoms with E-state index in [1.54, 1.807) is 13.8 Å². The molecule has 0 saturated heterocycles. The minimum Gasteiger partial charge on any atom is -0.478 e. The van der Waals surface area contributed by atoms with Crippen LogP contribution < -0.4 is 5.32 Å². The van der Waals surface area contributed by atoms with Crippen molar-refractivity contribution < 1.29 is 39.1 Å². The molecular weight excluding hydrogens is 358 g/mol. The second-order valence-electron chi connectivity index (χ2n) is 7.21. The van der Waals surface area contributed by atoms with Crippen LogP contribution in [0.2, 0.25) is 0 Å². The third-order valence-electron chi connectivity index (χ3n) is 5.21. The number of carbonyl (C=O) groups excluding carboxylic acids is 2. The van der Waals surface area contributed by atoms with Crippen LogP contribution in [0.5, 0.6) is 0 Å².